The number of rotatable bonds is 4. The molecule has 8 heteroatoms. The van der Waals surface area contributed by atoms with E-state index < -0.39 is 5.82 Å². The summed E-state index contributed by atoms with van der Waals surface area (Å²) in [5.41, 5.74) is 8.63. The van der Waals surface area contributed by atoms with Gasteiger partial charge in [0, 0.05) is 43.1 Å². The Labute approximate surface area is 168 Å². The number of carbonyl (C=O) groups excluding carboxylic acids is 1. The van der Waals surface area contributed by atoms with Gasteiger partial charge in [-0.2, -0.15) is 5.26 Å². The predicted molar refractivity (Wildman–Crippen MR) is 114 cm³/mol. The molecule has 1 aliphatic heterocycles. The van der Waals surface area contributed by atoms with E-state index in [1.165, 1.54) is 24.5 Å². The topological polar surface area (TPSA) is 115 Å². The van der Waals surface area contributed by atoms with Gasteiger partial charge < -0.3 is 21.7 Å². The first-order valence-corrected chi connectivity index (χ1v) is 9.01. The van der Waals surface area contributed by atoms with Gasteiger partial charge in [0.15, 0.2) is 0 Å². The van der Waals surface area contributed by atoms with Crippen LogP contribution in [0.25, 0.3) is 5.57 Å². The number of carbonyl (C=O) groups is 1. The molecule has 3 rings (SSSR count). The molecule has 7 nitrogen and oxygen atoms in total. The number of amides is 1. The highest BCUT2D eigenvalue weighted by molar-refractivity contribution is 6.10. The molecular formula is C21H21FN6O. The van der Waals surface area contributed by atoms with Crippen molar-refractivity contribution in [2.45, 2.75) is 19.4 Å². The van der Waals surface area contributed by atoms with Crippen molar-refractivity contribution in [2.75, 3.05) is 23.0 Å². The smallest absolute Gasteiger partial charge is 0.226 e. The lowest BCUT2D eigenvalue weighted by molar-refractivity contribution is -0.116. The Kier molecular flexibility index (Phi) is 5.79. The summed E-state index contributed by atoms with van der Waals surface area (Å²) >= 11 is 0. The molecule has 0 unspecified atom stereocenters. The van der Waals surface area contributed by atoms with Gasteiger partial charge in [-0.3, -0.25) is 9.79 Å². The number of nitrogens with two attached hydrogens (primary N) is 1. The van der Waals surface area contributed by atoms with Crippen LogP contribution in [0.3, 0.4) is 0 Å². The first kappa shape index (κ1) is 19.9. The van der Waals surface area contributed by atoms with Crippen LogP contribution in [-0.4, -0.2) is 25.2 Å². The van der Waals surface area contributed by atoms with Gasteiger partial charge in [-0.05, 0) is 31.2 Å². The number of nitrogens with one attached hydrogen (secondary N) is 3. The summed E-state index contributed by atoms with van der Waals surface area (Å²) < 4.78 is 14.9. The Hall–Kier alpha value is -3.86. The van der Waals surface area contributed by atoms with Crippen molar-refractivity contribution in [1.82, 2.24) is 0 Å². The number of hydrogen-bond donors (Lipinski definition) is 4. The van der Waals surface area contributed by atoms with E-state index in [1.807, 2.05) is 6.92 Å². The largest absolute Gasteiger partial charge is 0.404 e. The fraction of sp³-hybridized carbons (Fsp3) is 0.190. The van der Waals surface area contributed by atoms with Gasteiger partial charge in [0.05, 0.1) is 34.4 Å². The summed E-state index contributed by atoms with van der Waals surface area (Å²) in [7, 11) is 1.57. The summed E-state index contributed by atoms with van der Waals surface area (Å²) in [6, 6.07) is 9.95. The zero-order valence-corrected chi connectivity index (χ0v) is 16.1. The molecule has 0 aliphatic carbocycles. The van der Waals surface area contributed by atoms with E-state index in [9.17, 15) is 14.4 Å². The Morgan fingerprint density at radius 2 is 2.21 bits per heavy atom. The second kappa shape index (κ2) is 8.44. The van der Waals surface area contributed by atoms with Gasteiger partial charge >= 0.3 is 0 Å². The maximum atomic E-state index is 14.9. The summed E-state index contributed by atoms with van der Waals surface area (Å²) in [6.45, 7) is 1.89. The number of allylic oxidation sites excluding steroid dienone is 1. The van der Waals surface area contributed by atoms with E-state index in [0.29, 0.717) is 34.6 Å². The fourth-order valence-corrected chi connectivity index (χ4v) is 3.18. The van der Waals surface area contributed by atoms with Crippen molar-refractivity contribution in [3.63, 3.8) is 0 Å². The van der Waals surface area contributed by atoms with Crippen LogP contribution in [0, 0.1) is 17.1 Å². The van der Waals surface area contributed by atoms with Gasteiger partial charge in [-0.1, -0.05) is 6.07 Å². The summed E-state index contributed by atoms with van der Waals surface area (Å²) in [4.78, 5) is 15.8. The minimum absolute atomic E-state index is 0.0910. The molecule has 1 atom stereocenters. The van der Waals surface area contributed by atoms with Crippen molar-refractivity contribution >= 4 is 40.4 Å². The zero-order chi connectivity index (χ0) is 21.0. The lowest BCUT2D eigenvalue weighted by atomic mass is 10.0. The van der Waals surface area contributed by atoms with E-state index in [0.717, 1.165) is 0 Å². The Morgan fingerprint density at radius 1 is 1.41 bits per heavy atom. The van der Waals surface area contributed by atoms with Crippen LogP contribution in [0.1, 0.15) is 24.5 Å². The third-order valence-electron chi connectivity index (χ3n) is 4.48. The summed E-state index contributed by atoms with van der Waals surface area (Å²) in [5.74, 6) is -0.645. The van der Waals surface area contributed by atoms with Crippen LogP contribution in [0.15, 0.2) is 41.5 Å². The van der Waals surface area contributed by atoms with Crippen LogP contribution in [0.2, 0.25) is 0 Å². The van der Waals surface area contributed by atoms with Crippen molar-refractivity contribution in [3.05, 3.63) is 53.5 Å². The highest BCUT2D eigenvalue weighted by atomic mass is 19.1. The molecule has 1 aliphatic rings. The molecule has 0 saturated carbocycles. The number of aliphatic imine (C=N–C) groups is 1. The van der Waals surface area contributed by atoms with Gasteiger partial charge in [-0.25, -0.2) is 4.39 Å². The maximum absolute atomic E-state index is 14.9. The standard InChI is InChI=1S/C21H21FN6O/c1-12-6-20(29)28-18-5-3-4-17(21(18)26-12)27-19-7-13(9-23)15(8-16(19)22)14(10-24)11-25-2/h3-5,7-8,10-12,26-27H,6,24H2,1-2H3,(H,28,29)/b14-10+,25-11?/t12-/m1/s1. The van der Waals surface area contributed by atoms with Gasteiger partial charge in [-0.15, -0.1) is 0 Å². The Bertz CT molecular complexity index is 1050. The molecule has 2 aromatic rings. The number of nitriles is 1. The molecule has 0 aromatic heterocycles. The number of benzene rings is 2. The highest BCUT2D eigenvalue weighted by Gasteiger charge is 2.21. The minimum atomic E-state index is -0.550. The second-order valence-corrected chi connectivity index (χ2v) is 6.65. The molecule has 1 heterocycles. The zero-order valence-electron chi connectivity index (χ0n) is 16.1. The quantitative estimate of drug-likeness (QED) is 0.594. The monoisotopic (exact) mass is 392 g/mol. The van der Waals surface area contributed by atoms with E-state index in [1.54, 1.807) is 25.2 Å². The molecule has 0 spiro atoms. The molecule has 2 aromatic carbocycles. The molecule has 5 N–H and O–H groups in total. The molecule has 1 amide bonds. The molecule has 0 saturated heterocycles. The van der Waals surface area contributed by atoms with E-state index in [4.69, 9.17) is 5.73 Å². The molecule has 0 bridgehead atoms. The number of anilines is 4. The third kappa shape index (κ3) is 4.19. The average molecular weight is 392 g/mol. The average Bonchev–Trinajstić information content (AvgIpc) is 2.84. The number of para-hydroxylation sites is 1. The molecule has 0 fully saturated rings. The lowest BCUT2D eigenvalue weighted by Gasteiger charge is -2.18. The minimum Gasteiger partial charge on any atom is -0.404 e. The Morgan fingerprint density at radius 3 is 2.90 bits per heavy atom. The van der Waals surface area contributed by atoms with Gasteiger partial charge in [0.2, 0.25) is 5.91 Å². The van der Waals surface area contributed by atoms with E-state index >= 15 is 0 Å². The number of nitrogens with zero attached hydrogens (tertiary/aromatic N) is 2. The van der Waals surface area contributed by atoms with Crippen LogP contribution in [-0.2, 0) is 4.79 Å². The molecule has 0 radical (unpaired) electrons. The number of halogens is 1. The number of fused-ring (bicyclic) bond motifs is 1. The Balaban J connectivity index is 2.03. The summed E-state index contributed by atoms with van der Waals surface area (Å²) in [5, 5.41) is 18.7. The summed E-state index contributed by atoms with van der Waals surface area (Å²) in [6.07, 6.45) is 3.07. The van der Waals surface area contributed by atoms with Crippen molar-refractivity contribution < 1.29 is 9.18 Å². The fourth-order valence-electron chi connectivity index (χ4n) is 3.18. The third-order valence-corrected chi connectivity index (χ3v) is 4.48. The number of hydrogen-bond acceptors (Lipinski definition) is 6. The van der Waals surface area contributed by atoms with E-state index in [2.05, 4.69) is 27.0 Å². The second-order valence-electron chi connectivity index (χ2n) is 6.65. The SMILES string of the molecule is CN=C/C(=C\N)c1cc(F)c(Nc2cccc3c2N[C@H](C)CC(=O)N3)cc1C#N. The molecule has 148 valence electrons. The normalized spacial score (nSPS) is 16.4. The van der Waals surface area contributed by atoms with Crippen LogP contribution >= 0.6 is 0 Å². The molecular weight excluding hydrogens is 371 g/mol. The van der Waals surface area contributed by atoms with Crippen LogP contribution in [0.5, 0.6) is 0 Å². The van der Waals surface area contributed by atoms with Gasteiger partial charge in [0.1, 0.15) is 5.82 Å². The first-order chi connectivity index (χ1) is 14.0. The predicted octanol–water partition coefficient (Wildman–Crippen LogP) is 3.58. The van der Waals surface area contributed by atoms with Crippen molar-refractivity contribution in [1.29, 1.82) is 5.26 Å². The van der Waals surface area contributed by atoms with Crippen molar-refractivity contribution in [3.8, 4) is 6.07 Å². The first-order valence-electron chi connectivity index (χ1n) is 9.01. The molecule has 29 heavy (non-hydrogen) atoms. The lowest BCUT2D eigenvalue weighted by Crippen LogP contribution is -2.19. The van der Waals surface area contributed by atoms with Crippen LogP contribution < -0.4 is 21.7 Å². The maximum Gasteiger partial charge on any atom is 0.226 e. The highest BCUT2D eigenvalue weighted by Crippen LogP contribution is 2.36. The van der Waals surface area contributed by atoms with Crippen molar-refractivity contribution in [2.24, 2.45) is 10.7 Å². The van der Waals surface area contributed by atoms with E-state index in [-0.39, 0.29) is 23.2 Å². The van der Waals surface area contributed by atoms with Crippen LogP contribution in [0.4, 0.5) is 27.1 Å². The van der Waals surface area contributed by atoms with Gasteiger partial charge in [0.25, 0.3) is 0 Å².